The smallest absolute Gasteiger partial charge is 0.231 e. The van der Waals surface area contributed by atoms with Gasteiger partial charge in [0, 0.05) is 35.0 Å². The maximum absolute atomic E-state index is 12.9. The highest BCUT2D eigenvalue weighted by atomic mass is 32.2. The molecule has 26 heavy (non-hydrogen) atoms. The largest absolute Gasteiger partial charge is 0.454 e. The number of likely N-dealkylation sites (tertiary alicyclic amines) is 1. The van der Waals surface area contributed by atoms with Crippen LogP contribution in [0.1, 0.15) is 28.8 Å². The fraction of sp³-hybridized carbons (Fsp3) is 0.381. The van der Waals surface area contributed by atoms with Gasteiger partial charge >= 0.3 is 0 Å². The average Bonchev–Trinajstić information content (AvgIpc) is 3.18. The molecule has 2 aliphatic rings. The van der Waals surface area contributed by atoms with Gasteiger partial charge in [-0.1, -0.05) is 24.3 Å². The number of benzene rings is 2. The normalized spacial score (nSPS) is 19.5. The number of hydrogen-bond acceptors (Lipinski definition) is 5. The second-order valence-corrected chi connectivity index (χ2v) is 7.70. The van der Waals surface area contributed by atoms with Gasteiger partial charge in [0.15, 0.2) is 17.3 Å². The number of ketones is 1. The highest BCUT2D eigenvalue weighted by Gasteiger charge is 2.28. The molecule has 0 bridgehead atoms. The molecule has 0 saturated carbocycles. The minimum atomic E-state index is 0.0674. The zero-order chi connectivity index (χ0) is 17.9. The minimum Gasteiger partial charge on any atom is -0.454 e. The predicted molar refractivity (Wildman–Crippen MR) is 103 cm³/mol. The van der Waals surface area contributed by atoms with E-state index in [9.17, 15) is 4.79 Å². The molecule has 1 atom stereocenters. The molecular formula is C21H23NO3S. The van der Waals surface area contributed by atoms with Crippen LogP contribution in [0, 0.1) is 5.92 Å². The Hall–Kier alpha value is -1.98. The van der Waals surface area contributed by atoms with Gasteiger partial charge in [-0.3, -0.25) is 9.69 Å². The summed E-state index contributed by atoms with van der Waals surface area (Å²) < 4.78 is 11.1. The summed E-state index contributed by atoms with van der Waals surface area (Å²) in [6, 6.07) is 14.0. The predicted octanol–water partition coefficient (Wildman–Crippen LogP) is 4.23. The van der Waals surface area contributed by atoms with Crippen LogP contribution in [0.5, 0.6) is 11.5 Å². The number of nitrogens with zero attached hydrogens (tertiary/aromatic N) is 1. The molecule has 2 aromatic carbocycles. The average molecular weight is 369 g/mol. The number of hydrogen-bond donors (Lipinski definition) is 0. The number of carbonyl (C=O) groups is 1. The number of ether oxygens (including phenoxy) is 2. The first-order chi connectivity index (χ1) is 12.7. The van der Waals surface area contributed by atoms with E-state index >= 15 is 0 Å². The number of piperidine rings is 1. The lowest BCUT2D eigenvalue weighted by molar-refractivity contribution is 0.0810. The van der Waals surface area contributed by atoms with Crippen LogP contribution >= 0.6 is 11.8 Å². The van der Waals surface area contributed by atoms with Crippen LogP contribution in [-0.2, 0) is 6.54 Å². The van der Waals surface area contributed by atoms with E-state index in [4.69, 9.17) is 9.47 Å². The summed E-state index contributed by atoms with van der Waals surface area (Å²) >= 11 is 1.69. The quantitative estimate of drug-likeness (QED) is 0.582. The van der Waals surface area contributed by atoms with Gasteiger partial charge in [-0.05, 0) is 43.8 Å². The molecule has 0 aliphatic carbocycles. The zero-order valence-corrected chi connectivity index (χ0v) is 15.8. The maximum Gasteiger partial charge on any atom is 0.231 e. The van der Waals surface area contributed by atoms with Crippen LogP contribution in [0.3, 0.4) is 0 Å². The van der Waals surface area contributed by atoms with Gasteiger partial charge in [-0.15, -0.1) is 11.8 Å². The fourth-order valence-corrected chi connectivity index (χ4v) is 4.17. The summed E-state index contributed by atoms with van der Waals surface area (Å²) in [6.07, 6.45) is 4.06. The van der Waals surface area contributed by atoms with Crippen molar-refractivity contribution in [3.8, 4) is 11.5 Å². The van der Waals surface area contributed by atoms with Gasteiger partial charge in [0.05, 0.1) is 0 Å². The van der Waals surface area contributed by atoms with E-state index in [0.717, 1.165) is 55.1 Å². The Morgan fingerprint density at radius 2 is 2.04 bits per heavy atom. The summed E-state index contributed by atoms with van der Waals surface area (Å²) in [5.74, 6) is 2.01. The highest BCUT2D eigenvalue weighted by molar-refractivity contribution is 7.98. The first-order valence-electron chi connectivity index (χ1n) is 9.02. The SMILES string of the molecule is CSc1ccc(C(=O)C2CCCN(Cc3cccc4c3OCO4)C2)cc1. The number of rotatable bonds is 5. The molecule has 4 nitrogen and oxygen atoms in total. The van der Waals surface area contributed by atoms with Gasteiger partial charge in [0.1, 0.15) is 0 Å². The molecule has 0 radical (unpaired) electrons. The van der Waals surface area contributed by atoms with Gasteiger partial charge < -0.3 is 9.47 Å². The van der Waals surface area contributed by atoms with Crippen molar-refractivity contribution < 1.29 is 14.3 Å². The van der Waals surface area contributed by atoms with Crippen LogP contribution in [0.4, 0.5) is 0 Å². The van der Waals surface area contributed by atoms with E-state index in [2.05, 4.69) is 11.0 Å². The van der Waals surface area contributed by atoms with Crippen molar-refractivity contribution in [1.82, 2.24) is 4.90 Å². The molecule has 1 saturated heterocycles. The Balaban J connectivity index is 1.44. The first kappa shape index (κ1) is 17.4. The van der Waals surface area contributed by atoms with Crippen molar-refractivity contribution in [2.24, 2.45) is 5.92 Å². The topological polar surface area (TPSA) is 38.8 Å². The number of carbonyl (C=O) groups excluding carboxylic acids is 1. The van der Waals surface area contributed by atoms with Crippen LogP contribution in [0.2, 0.25) is 0 Å². The second-order valence-electron chi connectivity index (χ2n) is 6.82. The Morgan fingerprint density at radius 1 is 1.19 bits per heavy atom. The third kappa shape index (κ3) is 3.60. The molecule has 0 N–H and O–H groups in total. The Morgan fingerprint density at radius 3 is 2.85 bits per heavy atom. The molecule has 1 unspecified atom stereocenters. The van der Waals surface area contributed by atoms with E-state index in [0.29, 0.717) is 6.79 Å². The summed E-state index contributed by atoms with van der Waals surface area (Å²) in [6.45, 7) is 2.90. The molecule has 0 amide bonds. The van der Waals surface area contributed by atoms with E-state index in [1.165, 1.54) is 4.90 Å². The third-order valence-electron chi connectivity index (χ3n) is 5.12. The number of Topliss-reactive ketones (excluding diaryl/α,β-unsaturated/α-hetero) is 1. The molecule has 5 heteroatoms. The van der Waals surface area contributed by atoms with Crippen molar-refractivity contribution in [2.45, 2.75) is 24.3 Å². The zero-order valence-electron chi connectivity index (χ0n) is 14.9. The lowest BCUT2D eigenvalue weighted by atomic mass is 9.90. The molecule has 2 aromatic rings. The molecule has 1 fully saturated rings. The van der Waals surface area contributed by atoms with Crippen LogP contribution in [-0.4, -0.2) is 36.8 Å². The molecule has 136 valence electrons. The van der Waals surface area contributed by atoms with Crippen molar-refractivity contribution in [2.75, 3.05) is 26.1 Å². The molecule has 0 spiro atoms. The minimum absolute atomic E-state index is 0.0674. The van der Waals surface area contributed by atoms with Crippen molar-refractivity contribution >= 4 is 17.5 Å². The van der Waals surface area contributed by atoms with Crippen molar-refractivity contribution in [3.05, 3.63) is 53.6 Å². The highest BCUT2D eigenvalue weighted by Crippen LogP contribution is 2.36. The fourth-order valence-electron chi connectivity index (χ4n) is 3.76. The van der Waals surface area contributed by atoms with Crippen LogP contribution in [0.25, 0.3) is 0 Å². The molecular weight excluding hydrogens is 346 g/mol. The lowest BCUT2D eigenvalue weighted by Crippen LogP contribution is -2.38. The summed E-state index contributed by atoms with van der Waals surface area (Å²) in [4.78, 5) is 16.5. The number of fused-ring (bicyclic) bond motifs is 1. The van der Waals surface area contributed by atoms with E-state index < -0.39 is 0 Å². The Kier molecular flexibility index (Phi) is 5.18. The number of thioether (sulfide) groups is 1. The van der Waals surface area contributed by atoms with E-state index in [-0.39, 0.29) is 11.7 Å². The Labute approximate surface area is 158 Å². The number of para-hydroxylation sites is 1. The van der Waals surface area contributed by atoms with Crippen molar-refractivity contribution in [3.63, 3.8) is 0 Å². The molecule has 2 heterocycles. The van der Waals surface area contributed by atoms with Gasteiger partial charge in [0.2, 0.25) is 6.79 Å². The second kappa shape index (κ2) is 7.72. The van der Waals surface area contributed by atoms with Gasteiger partial charge in [0.25, 0.3) is 0 Å². The standard InChI is InChI=1S/C21H23NO3S/c1-26-18-9-7-15(8-10-18)20(23)16-5-3-11-22(12-16)13-17-4-2-6-19-21(17)25-14-24-19/h2,4,6-10,16H,3,5,11-14H2,1H3. The molecule has 0 aromatic heterocycles. The molecule has 4 rings (SSSR count). The summed E-state index contributed by atoms with van der Waals surface area (Å²) in [5, 5.41) is 0. The van der Waals surface area contributed by atoms with E-state index in [1.54, 1.807) is 11.8 Å². The lowest BCUT2D eigenvalue weighted by Gasteiger charge is -2.32. The maximum atomic E-state index is 12.9. The molecule has 2 aliphatic heterocycles. The summed E-state index contributed by atoms with van der Waals surface area (Å²) in [7, 11) is 0. The van der Waals surface area contributed by atoms with E-state index in [1.807, 2.05) is 42.7 Å². The first-order valence-corrected chi connectivity index (χ1v) is 10.2. The van der Waals surface area contributed by atoms with Gasteiger partial charge in [-0.25, -0.2) is 0 Å². The third-order valence-corrected chi connectivity index (χ3v) is 5.87. The van der Waals surface area contributed by atoms with Crippen LogP contribution in [0.15, 0.2) is 47.4 Å². The monoisotopic (exact) mass is 369 g/mol. The van der Waals surface area contributed by atoms with Crippen LogP contribution < -0.4 is 9.47 Å². The van der Waals surface area contributed by atoms with Gasteiger partial charge in [-0.2, -0.15) is 0 Å². The Bertz CT molecular complexity index is 790. The summed E-state index contributed by atoms with van der Waals surface area (Å²) in [5.41, 5.74) is 1.96. The van der Waals surface area contributed by atoms with Crippen molar-refractivity contribution in [1.29, 1.82) is 0 Å².